The minimum Gasteiger partial charge on any atom is -0.508 e. The van der Waals surface area contributed by atoms with Crippen LogP contribution in [0.5, 0.6) is 5.75 Å². The molecule has 2 aromatic carbocycles. The van der Waals surface area contributed by atoms with E-state index in [0.717, 1.165) is 9.13 Å². The summed E-state index contributed by atoms with van der Waals surface area (Å²) in [7, 11) is 0. The molecule has 0 bridgehead atoms. The zero-order valence-electron chi connectivity index (χ0n) is 12.0. The lowest BCUT2D eigenvalue weighted by atomic mass is 10.2. The van der Waals surface area contributed by atoms with Crippen molar-refractivity contribution in [2.45, 2.75) is 0 Å². The third-order valence-electron chi connectivity index (χ3n) is 2.82. The molecule has 0 aliphatic carbocycles. The molecular weight excluding hydrogens is 409 g/mol. The third-order valence-corrected chi connectivity index (χ3v) is 3.76. The van der Waals surface area contributed by atoms with Crippen molar-refractivity contribution in [3.05, 3.63) is 63.2 Å². The summed E-state index contributed by atoms with van der Waals surface area (Å²) in [6.45, 7) is -0.170. The Morgan fingerprint density at radius 3 is 2.52 bits per heavy atom. The van der Waals surface area contributed by atoms with Gasteiger partial charge in [-0.1, -0.05) is 12.1 Å². The first kappa shape index (κ1) is 16.9. The second-order valence-corrected chi connectivity index (χ2v) is 5.71. The Morgan fingerprint density at radius 1 is 1.13 bits per heavy atom. The van der Waals surface area contributed by atoms with Gasteiger partial charge in [0.05, 0.1) is 18.3 Å². The highest BCUT2D eigenvalue weighted by molar-refractivity contribution is 14.1. The molecule has 7 heteroatoms. The number of phenolic OH excluding ortho intramolecular Hbond substituents is 1. The molecule has 118 valence electrons. The van der Waals surface area contributed by atoms with Crippen LogP contribution in [-0.2, 0) is 4.79 Å². The smallest absolute Gasteiger partial charge is 0.259 e. The fourth-order valence-corrected chi connectivity index (χ4v) is 2.31. The molecule has 23 heavy (non-hydrogen) atoms. The van der Waals surface area contributed by atoms with Gasteiger partial charge in [-0.25, -0.2) is 5.43 Å². The van der Waals surface area contributed by atoms with E-state index in [4.69, 9.17) is 5.11 Å². The number of hydrogen-bond acceptors (Lipinski definition) is 4. The molecule has 0 aromatic heterocycles. The topological polar surface area (TPSA) is 90.8 Å². The van der Waals surface area contributed by atoms with E-state index in [-0.39, 0.29) is 18.2 Å². The highest BCUT2D eigenvalue weighted by Crippen LogP contribution is 2.10. The van der Waals surface area contributed by atoms with Crippen molar-refractivity contribution < 1.29 is 14.7 Å². The Labute approximate surface area is 146 Å². The third kappa shape index (κ3) is 5.37. The standard InChI is InChI=1S/C16H14IN3O3/c17-14-4-2-1-3-13(14)16(23)18-10-15(22)20-19-9-11-5-7-12(21)8-6-11/h1-9,21H,10H2,(H,18,23)(H,20,22)/b19-9-. The van der Waals surface area contributed by atoms with Gasteiger partial charge in [-0.15, -0.1) is 0 Å². The lowest BCUT2D eigenvalue weighted by molar-refractivity contribution is -0.120. The number of carbonyl (C=O) groups excluding carboxylic acids is 2. The predicted octanol–water partition coefficient (Wildman–Crippen LogP) is 1.88. The van der Waals surface area contributed by atoms with Crippen molar-refractivity contribution in [1.82, 2.24) is 10.7 Å². The number of hydrogen-bond donors (Lipinski definition) is 3. The molecule has 0 unspecified atom stereocenters. The van der Waals surface area contributed by atoms with Gasteiger partial charge in [0.25, 0.3) is 11.8 Å². The van der Waals surface area contributed by atoms with Crippen molar-refractivity contribution in [1.29, 1.82) is 0 Å². The monoisotopic (exact) mass is 423 g/mol. The average molecular weight is 423 g/mol. The molecular formula is C16H14IN3O3. The van der Waals surface area contributed by atoms with E-state index in [2.05, 4.69) is 38.4 Å². The van der Waals surface area contributed by atoms with E-state index < -0.39 is 5.91 Å². The number of phenols is 1. The summed E-state index contributed by atoms with van der Waals surface area (Å²) < 4.78 is 0.813. The molecule has 6 nitrogen and oxygen atoms in total. The Hall–Kier alpha value is -2.42. The van der Waals surface area contributed by atoms with Crippen LogP contribution in [0.2, 0.25) is 0 Å². The zero-order valence-corrected chi connectivity index (χ0v) is 14.1. The van der Waals surface area contributed by atoms with Gasteiger partial charge in [0.15, 0.2) is 0 Å². The quantitative estimate of drug-likeness (QED) is 0.390. The molecule has 0 fully saturated rings. The zero-order chi connectivity index (χ0) is 16.7. The van der Waals surface area contributed by atoms with Crippen molar-refractivity contribution in [3.63, 3.8) is 0 Å². The van der Waals surface area contributed by atoms with Crippen LogP contribution < -0.4 is 10.7 Å². The summed E-state index contributed by atoms with van der Waals surface area (Å²) in [5.41, 5.74) is 3.57. The molecule has 0 aliphatic heterocycles. The number of rotatable bonds is 5. The first-order valence-electron chi connectivity index (χ1n) is 6.70. The summed E-state index contributed by atoms with van der Waals surface area (Å²) in [5.74, 6) is -0.587. The molecule has 3 N–H and O–H groups in total. The average Bonchev–Trinajstić information content (AvgIpc) is 2.55. The number of aromatic hydroxyl groups is 1. The molecule has 2 amide bonds. The molecule has 0 spiro atoms. The number of halogens is 1. The number of benzene rings is 2. The first-order chi connectivity index (χ1) is 11.1. The molecule has 0 atom stereocenters. The maximum Gasteiger partial charge on any atom is 0.259 e. The largest absolute Gasteiger partial charge is 0.508 e. The van der Waals surface area contributed by atoms with Crippen LogP contribution in [0, 0.1) is 3.57 Å². The van der Waals surface area contributed by atoms with Gasteiger partial charge in [0.2, 0.25) is 0 Å². The summed E-state index contributed by atoms with van der Waals surface area (Å²) in [6, 6.07) is 13.5. The first-order valence-corrected chi connectivity index (χ1v) is 7.78. The van der Waals surface area contributed by atoms with Gasteiger partial charge in [-0.2, -0.15) is 5.10 Å². The maximum atomic E-state index is 11.9. The van der Waals surface area contributed by atoms with Crippen molar-refractivity contribution in [2.24, 2.45) is 5.10 Å². The summed E-state index contributed by atoms with van der Waals surface area (Å²) in [4.78, 5) is 23.6. The fourth-order valence-electron chi connectivity index (χ4n) is 1.68. The minimum atomic E-state index is -0.431. The number of carbonyl (C=O) groups is 2. The Balaban J connectivity index is 1.80. The maximum absolute atomic E-state index is 11.9. The van der Waals surface area contributed by atoms with E-state index in [0.29, 0.717) is 5.56 Å². The van der Waals surface area contributed by atoms with Crippen LogP contribution in [0.25, 0.3) is 0 Å². The number of nitrogens with one attached hydrogen (secondary N) is 2. The van der Waals surface area contributed by atoms with Gasteiger partial charge in [0, 0.05) is 3.57 Å². The molecule has 0 heterocycles. The van der Waals surface area contributed by atoms with Gasteiger partial charge in [0.1, 0.15) is 5.75 Å². The van der Waals surface area contributed by atoms with E-state index in [1.165, 1.54) is 18.3 Å². The van der Waals surface area contributed by atoms with E-state index in [9.17, 15) is 9.59 Å². The van der Waals surface area contributed by atoms with Gasteiger partial charge >= 0.3 is 0 Å². The summed E-state index contributed by atoms with van der Waals surface area (Å²) in [6.07, 6.45) is 1.44. The molecule has 0 radical (unpaired) electrons. The molecule has 0 aliphatic rings. The second-order valence-electron chi connectivity index (χ2n) is 4.55. The number of nitrogens with zero attached hydrogens (tertiary/aromatic N) is 1. The van der Waals surface area contributed by atoms with Crippen LogP contribution >= 0.6 is 22.6 Å². The summed E-state index contributed by atoms with van der Waals surface area (Å²) in [5, 5.41) is 15.5. The number of amides is 2. The number of hydrazone groups is 1. The van der Waals surface area contributed by atoms with Gasteiger partial charge < -0.3 is 10.4 Å². The molecule has 2 aromatic rings. The van der Waals surface area contributed by atoms with Crippen LogP contribution in [0.4, 0.5) is 0 Å². The Morgan fingerprint density at radius 2 is 1.83 bits per heavy atom. The Bertz CT molecular complexity index is 730. The second kappa shape index (κ2) is 8.28. The van der Waals surface area contributed by atoms with Crippen molar-refractivity contribution >= 4 is 40.6 Å². The normalized spacial score (nSPS) is 10.5. The lowest BCUT2D eigenvalue weighted by Crippen LogP contribution is -2.35. The lowest BCUT2D eigenvalue weighted by Gasteiger charge is -2.05. The highest BCUT2D eigenvalue weighted by Gasteiger charge is 2.10. The van der Waals surface area contributed by atoms with E-state index in [1.54, 1.807) is 24.3 Å². The highest BCUT2D eigenvalue weighted by atomic mass is 127. The van der Waals surface area contributed by atoms with Crippen molar-refractivity contribution in [2.75, 3.05) is 6.54 Å². The fraction of sp³-hybridized carbons (Fsp3) is 0.0625. The SMILES string of the molecule is O=C(CNC(=O)c1ccccc1I)N/N=C\c1ccc(O)cc1. The molecule has 2 rings (SSSR count). The van der Waals surface area contributed by atoms with Crippen LogP contribution in [0.3, 0.4) is 0 Å². The van der Waals surface area contributed by atoms with E-state index in [1.807, 2.05) is 12.1 Å². The van der Waals surface area contributed by atoms with Crippen LogP contribution in [-0.4, -0.2) is 29.7 Å². The molecule has 0 saturated carbocycles. The molecule has 0 saturated heterocycles. The minimum absolute atomic E-state index is 0.157. The predicted molar refractivity (Wildman–Crippen MR) is 95.3 cm³/mol. The van der Waals surface area contributed by atoms with Gasteiger partial charge in [-0.3, -0.25) is 9.59 Å². The van der Waals surface area contributed by atoms with Crippen molar-refractivity contribution in [3.8, 4) is 5.75 Å². The summed E-state index contributed by atoms with van der Waals surface area (Å²) >= 11 is 2.06. The van der Waals surface area contributed by atoms with Crippen LogP contribution in [0.1, 0.15) is 15.9 Å². The van der Waals surface area contributed by atoms with Crippen LogP contribution in [0.15, 0.2) is 53.6 Å². The Kier molecular flexibility index (Phi) is 6.10. The van der Waals surface area contributed by atoms with E-state index >= 15 is 0 Å². The van der Waals surface area contributed by atoms with Gasteiger partial charge in [-0.05, 0) is 64.6 Å².